The van der Waals surface area contributed by atoms with Crippen LogP contribution in [-0.4, -0.2) is 52.4 Å². The van der Waals surface area contributed by atoms with Crippen molar-refractivity contribution in [2.24, 2.45) is 5.92 Å². The number of carbonyl (C=O) groups excluding carboxylic acids is 1. The van der Waals surface area contributed by atoms with Gasteiger partial charge in [-0.2, -0.15) is 0 Å². The number of nitrogens with zero attached hydrogens (tertiary/aromatic N) is 3. The van der Waals surface area contributed by atoms with Gasteiger partial charge in [0.1, 0.15) is 0 Å². The number of aromatic nitrogens is 1. The van der Waals surface area contributed by atoms with E-state index in [1.165, 1.54) is 45.1 Å². The second-order valence-electron chi connectivity index (χ2n) is 7.18. The van der Waals surface area contributed by atoms with E-state index in [4.69, 9.17) is 0 Å². The second kappa shape index (κ2) is 5.99. The number of hydrogen-bond acceptors (Lipinski definition) is 3. The number of carbonyl (C=O) groups is 1. The van der Waals surface area contributed by atoms with Crippen molar-refractivity contribution >= 4 is 5.91 Å². The van der Waals surface area contributed by atoms with Gasteiger partial charge in [-0.25, -0.2) is 0 Å². The first kappa shape index (κ1) is 14.2. The Labute approximate surface area is 132 Å². The lowest BCUT2D eigenvalue weighted by Crippen LogP contribution is -2.56. The second-order valence-corrected chi connectivity index (χ2v) is 7.18. The largest absolute Gasteiger partial charge is 0.336 e. The van der Waals surface area contributed by atoms with E-state index in [0.717, 1.165) is 24.6 Å². The Kier molecular flexibility index (Phi) is 3.87. The molecule has 3 heterocycles. The van der Waals surface area contributed by atoms with Crippen LogP contribution in [0.3, 0.4) is 0 Å². The lowest BCUT2D eigenvalue weighted by Gasteiger charge is -2.42. The minimum atomic E-state index is 0.180. The van der Waals surface area contributed by atoms with Crippen LogP contribution >= 0.6 is 0 Å². The smallest absolute Gasteiger partial charge is 0.254 e. The first-order valence-corrected chi connectivity index (χ1v) is 8.76. The van der Waals surface area contributed by atoms with Gasteiger partial charge in [0.25, 0.3) is 5.91 Å². The van der Waals surface area contributed by atoms with Crippen LogP contribution in [0, 0.1) is 5.92 Å². The SMILES string of the molecule is O=C(c1ccncc1)N1CC2CCC(C1)N2CC1CCCC1. The number of likely N-dealkylation sites (tertiary alicyclic amines) is 1. The lowest BCUT2D eigenvalue weighted by atomic mass is 10.0. The van der Waals surface area contributed by atoms with Gasteiger partial charge in [-0.05, 0) is 43.7 Å². The summed E-state index contributed by atoms with van der Waals surface area (Å²) in [4.78, 5) is 21.5. The van der Waals surface area contributed by atoms with Crippen LogP contribution < -0.4 is 0 Å². The van der Waals surface area contributed by atoms with Crippen LogP contribution in [0.5, 0.6) is 0 Å². The summed E-state index contributed by atoms with van der Waals surface area (Å²) in [6, 6.07) is 4.83. The van der Waals surface area contributed by atoms with Crippen molar-refractivity contribution in [1.82, 2.24) is 14.8 Å². The number of fused-ring (bicyclic) bond motifs is 2. The molecule has 1 aromatic heterocycles. The molecule has 3 fully saturated rings. The number of rotatable bonds is 3. The molecule has 3 aliphatic rings. The Morgan fingerprint density at radius 3 is 2.32 bits per heavy atom. The van der Waals surface area contributed by atoms with Crippen molar-refractivity contribution < 1.29 is 4.79 Å². The predicted octanol–water partition coefficient (Wildman–Crippen LogP) is 2.56. The zero-order chi connectivity index (χ0) is 14.9. The highest BCUT2D eigenvalue weighted by Crippen LogP contribution is 2.34. The van der Waals surface area contributed by atoms with Crippen LogP contribution in [0.4, 0.5) is 0 Å². The molecule has 0 N–H and O–H groups in total. The van der Waals surface area contributed by atoms with Gasteiger partial charge in [0, 0.05) is 49.7 Å². The fraction of sp³-hybridized carbons (Fsp3) is 0.667. The van der Waals surface area contributed by atoms with Crippen molar-refractivity contribution in [1.29, 1.82) is 0 Å². The number of hydrogen-bond donors (Lipinski definition) is 0. The molecule has 1 saturated carbocycles. The lowest BCUT2D eigenvalue weighted by molar-refractivity contribution is 0.0398. The molecule has 0 radical (unpaired) electrons. The Balaban J connectivity index is 1.42. The summed E-state index contributed by atoms with van der Waals surface area (Å²) < 4.78 is 0. The zero-order valence-corrected chi connectivity index (χ0v) is 13.2. The molecule has 22 heavy (non-hydrogen) atoms. The molecular weight excluding hydrogens is 274 g/mol. The molecule has 4 nitrogen and oxygen atoms in total. The summed E-state index contributed by atoms with van der Waals surface area (Å²) in [7, 11) is 0. The Hall–Kier alpha value is -1.42. The van der Waals surface area contributed by atoms with E-state index in [-0.39, 0.29) is 5.91 Å². The fourth-order valence-corrected chi connectivity index (χ4v) is 4.62. The van der Waals surface area contributed by atoms with Gasteiger partial charge < -0.3 is 4.90 Å². The summed E-state index contributed by atoms with van der Waals surface area (Å²) in [5.41, 5.74) is 0.777. The first-order chi connectivity index (χ1) is 10.8. The summed E-state index contributed by atoms with van der Waals surface area (Å²) in [6.07, 6.45) is 11.6. The van der Waals surface area contributed by atoms with Gasteiger partial charge in [0.15, 0.2) is 0 Å². The van der Waals surface area contributed by atoms with Gasteiger partial charge >= 0.3 is 0 Å². The monoisotopic (exact) mass is 299 g/mol. The molecule has 1 aromatic rings. The maximum absolute atomic E-state index is 12.6. The molecule has 0 aromatic carbocycles. The summed E-state index contributed by atoms with van der Waals surface area (Å²) in [5.74, 6) is 1.09. The maximum Gasteiger partial charge on any atom is 0.254 e. The van der Waals surface area contributed by atoms with Gasteiger partial charge in [0.05, 0.1) is 0 Å². The number of pyridine rings is 1. The summed E-state index contributed by atoms with van der Waals surface area (Å²) in [6.45, 7) is 3.08. The third-order valence-corrected chi connectivity index (χ3v) is 5.79. The Morgan fingerprint density at radius 1 is 1.05 bits per heavy atom. The molecule has 4 rings (SSSR count). The topological polar surface area (TPSA) is 36.4 Å². The minimum Gasteiger partial charge on any atom is -0.336 e. The predicted molar refractivity (Wildman–Crippen MR) is 85.6 cm³/mol. The summed E-state index contributed by atoms with van der Waals surface area (Å²) in [5, 5.41) is 0. The molecule has 2 saturated heterocycles. The van der Waals surface area contributed by atoms with E-state index in [0.29, 0.717) is 12.1 Å². The maximum atomic E-state index is 12.6. The highest BCUT2D eigenvalue weighted by atomic mass is 16.2. The highest BCUT2D eigenvalue weighted by Gasteiger charge is 2.42. The standard InChI is InChI=1S/C18H25N3O/c22-18(15-7-9-19-10-8-15)20-12-16-5-6-17(13-20)21(16)11-14-3-1-2-4-14/h7-10,14,16-17H,1-6,11-13H2. The molecule has 118 valence electrons. The quantitative estimate of drug-likeness (QED) is 0.860. The average molecular weight is 299 g/mol. The zero-order valence-electron chi connectivity index (χ0n) is 13.2. The normalized spacial score (nSPS) is 29.2. The van der Waals surface area contributed by atoms with Gasteiger partial charge in [-0.3, -0.25) is 14.7 Å². The molecule has 1 aliphatic carbocycles. The van der Waals surface area contributed by atoms with Crippen molar-refractivity contribution in [3.05, 3.63) is 30.1 Å². The highest BCUT2D eigenvalue weighted by molar-refractivity contribution is 5.94. The van der Waals surface area contributed by atoms with Crippen molar-refractivity contribution in [3.8, 4) is 0 Å². The van der Waals surface area contributed by atoms with E-state index in [9.17, 15) is 4.79 Å². The average Bonchev–Trinajstić information content (AvgIpc) is 3.14. The van der Waals surface area contributed by atoms with Crippen LogP contribution in [0.25, 0.3) is 0 Å². The van der Waals surface area contributed by atoms with Crippen LogP contribution in [-0.2, 0) is 0 Å². The number of piperazine rings is 1. The van der Waals surface area contributed by atoms with Gasteiger partial charge in [-0.1, -0.05) is 12.8 Å². The molecule has 2 atom stereocenters. The van der Waals surface area contributed by atoms with E-state index in [2.05, 4.69) is 14.8 Å². The van der Waals surface area contributed by atoms with Crippen LogP contribution in [0.1, 0.15) is 48.9 Å². The van der Waals surface area contributed by atoms with Crippen molar-refractivity contribution in [3.63, 3.8) is 0 Å². The van der Waals surface area contributed by atoms with E-state index >= 15 is 0 Å². The van der Waals surface area contributed by atoms with E-state index < -0.39 is 0 Å². The van der Waals surface area contributed by atoms with Gasteiger partial charge in [0.2, 0.25) is 0 Å². The molecule has 2 bridgehead atoms. The van der Waals surface area contributed by atoms with Crippen LogP contribution in [0.15, 0.2) is 24.5 Å². The third-order valence-electron chi connectivity index (χ3n) is 5.79. The van der Waals surface area contributed by atoms with Crippen LogP contribution in [0.2, 0.25) is 0 Å². The number of amides is 1. The summed E-state index contributed by atoms with van der Waals surface area (Å²) >= 11 is 0. The molecular formula is C18H25N3O. The van der Waals surface area contributed by atoms with Gasteiger partial charge in [-0.15, -0.1) is 0 Å². The molecule has 1 amide bonds. The fourth-order valence-electron chi connectivity index (χ4n) is 4.62. The molecule has 0 spiro atoms. The van der Waals surface area contributed by atoms with E-state index in [1.54, 1.807) is 12.4 Å². The van der Waals surface area contributed by atoms with Crippen molar-refractivity contribution in [2.75, 3.05) is 19.6 Å². The molecule has 2 unspecified atom stereocenters. The molecule has 2 aliphatic heterocycles. The minimum absolute atomic E-state index is 0.180. The van der Waals surface area contributed by atoms with E-state index in [1.807, 2.05) is 12.1 Å². The van der Waals surface area contributed by atoms with Crippen molar-refractivity contribution in [2.45, 2.75) is 50.6 Å². The molecule has 4 heteroatoms. The Morgan fingerprint density at radius 2 is 1.68 bits per heavy atom. The first-order valence-electron chi connectivity index (χ1n) is 8.76. The Bertz CT molecular complexity index is 512. The third kappa shape index (κ3) is 2.65.